The highest BCUT2D eigenvalue weighted by molar-refractivity contribution is 5.89. The van der Waals surface area contributed by atoms with Gasteiger partial charge < -0.3 is 9.64 Å². The highest BCUT2D eigenvalue weighted by Crippen LogP contribution is 2.57. The van der Waals surface area contributed by atoms with Crippen molar-refractivity contribution < 1.29 is 4.74 Å². The fourth-order valence-corrected chi connectivity index (χ4v) is 6.50. The van der Waals surface area contributed by atoms with Gasteiger partial charge in [0.25, 0.3) is 0 Å². The van der Waals surface area contributed by atoms with Gasteiger partial charge in [-0.3, -0.25) is 4.98 Å². The van der Waals surface area contributed by atoms with Crippen molar-refractivity contribution in [2.75, 3.05) is 4.90 Å². The van der Waals surface area contributed by atoms with Crippen LogP contribution < -0.4 is 9.64 Å². The Hall–Kier alpha value is -6.07. The lowest BCUT2D eigenvalue weighted by Crippen LogP contribution is -2.38. The van der Waals surface area contributed by atoms with E-state index in [1.54, 1.807) is 12.4 Å². The van der Waals surface area contributed by atoms with Gasteiger partial charge in [0.15, 0.2) is 5.82 Å². The quantitative estimate of drug-likeness (QED) is 0.196. The number of ether oxygens (including phenoxy) is 1. The van der Waals surface area contributed by atoms with Crippen molar-refractivity contribution in [1.29, 1.82) is 0 Å². The normalized spacial score (nSPS) is 13.0. The number of para-hydroxylation sites is 3. The molecule has 0 saturated carbocycles. The number of hydrogen-bond acceptors (Lipinski definition) is 5. The summed E-state index contributed by atoms with van der Waals surface area (Å²) in [5, 5.41) is 0. The van der Waals surface area contributed by atoms with Gasteiger partial charge in [0.05, 0.1) is 22.5 Å². The molecule has 0 N–H and O–H groups in total. The predicted molar refractivity (Wildman–Crippen MR) is 178 cm³/mol. The topological polar surface area (TPSA) is 51.1 Å². The van der Waals surface area contributed by atoms with Crippen molar-refractivity contribution in [2.24, 2.45) is 0 Å². The van der Waals surface area contributed by atoms with E-state index in [9.17, 15) is 0 Å². The lowest BCUT2D eigenvalue weighted by Gasteiger charge is -2.45. The van der Waals surface area contributed by atoms with E-state index in [-0.39, 0.29) is 0 Å². The molecule has 0 aliphatic carbocycles. The molecule has 0 atom stereocenters. The Balaban J connectivity index is 1.33. The van der Waals surface area contributed by atoms with Crippen LogP contribution in [0.4, 0.5) is 17.1 Å². The van der Waals surface area contributed by atoms with E-state index in [1.807, 2.05) is 48.7 Å². The summed E-state index contributed by atoms with van der Waals surface area (Å²) in [7, 11) is 0. The molecule has 0 bridgehead atoms. The second-order valence-corrected chi connectivity index (χ2v) is 10.9. The minimum absolute atomic E-state index is 0.657. The third kappa shape index (κ3) is 4.53. The van der Waals surface area contributed by atoms with Crippen LogP contribution >= 0.6 is 0 Å². The van der Waals surface area contributed by atoms with E-state index in [0.717, 1.165) is 50.8 Å². The maximum Gasteiger partial charge on any atom is 0.159 e. The molecule has 1 aliphatic heterocycles. The number of rotatable bonds is 6. The lowest BCUT2D eigenvalue weighted by molar-refractivity contribution is 0.481. The van der Waals surface area contributed by atoms with Crippen molar-refractivity contribution in [2.45, 2.75) is 5.41 Å². The van der Waals surface area contributed by atoms with Gasteiger partial charge in [0.2, 0.25) is 0 Å². The third-order valence-electron chi connectivity index (χ3n) is 8.32. The maximum atomic E-state index is 6.53. The second-order valence-electron chi connectivity index (χ2n) is 10.9. The Bertz CT molecular complexity index is 2050. The summed E-state index contributed by atoms with van der Waals surface area (Å²) in [5.74, 6) is 2.10. The zero-order valence-electron chi connectivity index (χ0n) is 24.4. The number of nitrogens with zero attached hydrogens (tertiary/aromatic N) is 4. The molecule has 8 rings (SSSR count). The molecule has 1 aliphatic rings. The first-order valence-corrected chi connectivity index (χ1v) is 14.9. The van der Waals surface area contributed by atoms with E-state index in [0.29, 0.717) is 11.6 Å². The third-order valence-corrected chi connectivity index (χ3v) is 8.32. The molecule has 0 fully saturated rings. The van der Waals surface area contributed by atoms with Crippen LogP contribution in [0.3, 0.4) is 0 Å². The van der Waals surface area contributed by atoms with Gasteiger partial charge in [0, 0.05) is 29.8 Å². The van der Waals surface area contributed by atoms with Crippen LogP contribution in [0, 0.1) is 0 Å². The first-order valence-electron chi connectivity index (χ1n) is 14.9. The average molecular weight is 581 g/mol. The molecule has 5 nitrogen and oxygen atoms in total. The molecule has 214 valence electrons. The maximum absolute atomic E-state index is 6.53. The van der Waals surface area contributed by atoms with Gasteiger partial charge in [0.1, 0.15) is 11.5 Å². The van der Waals surface area contributed by atoms with Crippen LogP contribution in [-0.4, -0.2) is 15.0 Å². The molecule has 2 aromatic heterocycles. The number of benzene rings is 5. The molecule has 0 unspecified atom stereocenters. The number of anilines is 3. The summed E-state index contributed by atoms with van der Waals surface area (Å²) >= 11 is 0. The highest BCUT2D eigenvalue weighted by Gasteiger charge is 2.47. The number of pyridine rings is 1. The summed E-state index contributed by atoms with van der Waals surface area (Å²) in [5.41, 5.74) is 7.80. The Kier molecular flexibility index (Phi) is 6.61. The van der Waals surface area contributed by atoms with Crippen LogP contribution in [0.5, 0.6) is 11.5 Å². The van der Waals surface area contributed by atoms with Crippen molar-refractivity contribution in [3.63, 3.8) is 0 Å². The molecule has 5 heteroatoms. The van der Waals surface area contributed by atoms with Gasteiger partial charge in [-0.05, 0) is 83.4 Å². The lowest BCUT2D eigenvalue weighted by atomic mass is 9.64. The van der Waals surface area contributed by atoms with Crippen LogP contribution in [0.25, 0.3) is 11.4 Å². The number of aromatic nitrogens is 3. The first-order chi connectivity index (χ1) is 22.3. The largest absolute Gasteiger partial charge is 0.457 e. The number of hydrogen-bond donors (Lipinski definition) is 0. The molecule has 0 spiro atoms. The highest BCUT2D eigenvalue weighted by atomic mass is 16.5. The molecule has 5 aromatic carbocycles. The molecule has 3 heterocycles. The fourth-order valence-electron chi connectivity index (χ4n) is 6.50. The zero-order valence-corrected chi connectivity index (χ0v) is 24.4. The van der Waals surface area contributed by atoms with E-state index in [4.69, 9.17) is 9.72 Å². The summed E-state index contributed by atoms with van der Waals surface area (Å²) in [6.45, 7) is 0. The predicted octanol–water partition coefficient (Wildman–Crippen LogP) is 9.50. The van der Waals surface area contributed by atoms with Crippen molar-refractivity contribution in [3.8, 4) is 22.9 Å². The molecular formula is C40H28N4O. The van der Waals surface area contributed by atoms with E-state index in [2.05, 4.69) is 124 Å². The SMILES string of the molecule is c1ccc(N2c3ccccc3C(c3cccc(Oc4cccc(-c5ncccn5)c4)c3)(c3ccccn3)c3ccccc32)cc1. The monoisotopic (exact) mass is 580 g/mol. The van der Waals surface area contributed by atoms with Crippen LogP contribution in [0.2, 0.25) is 0 Å². The van der Waals surface area contributed by atoms with Gasteiger partial charge in [-0.1, -0.05) is 84.9 Å². The van der Waals surface area contributed by atoms with E-state index < -0.39 is 5.41 Å². The van der Waals surface area contributed by atoms with Gasteiger partial charge in [-0.25, -0.2) is 9.97 Å². The summed E-state index contributed by atoms with van der Waals surface area (Å²) < 4.78 is 6.53. The molecular weight excluding hydrogens is 552 g/mol. The van der Waals surface area contributed by atoms with Crippen molar-refractivity contribution in [1.82, 2.24) is 15.0 Å². The molecule has 0 radical (unpaired) electrons. The first kappa shape index (κ1) is 26.5. The fraction of sp³-hybridized carbons (Fsp3) is 0.0250. The standard InChI is InChI=1S/C40H28N4O/c1-2-15-31(16-3-1)44-36-21-6-4-19-34(36)40(38-23-8-9-24-41-38,35-20-5-7-22-37(35)44)30-14-11-18-33(28-30)45-32-17-10-13-29(27-32)39-42-25-12-26-43-39/h1-28H. The summed E-state index contributed by atoms with van der Waals surface area (Å²) in [6.07, 6.45) is 5.37. The summed E-state index contributed by atoms with van der Waals surface area (Å²) in [6, 6.07) is 52.1. The van der Waals surface area contributed by atoms with Gasteiger partial charge in [-0.15, -0.1) is 0 Å². The average Bonchev–Trinajstić information content (AvgIpc) is 3.12. The van der Waals surface area contributed by atoms with Crippen LogP contribution in [0.1, 0.15) is 22.4 Å². The zero-order chi connectivity index (χ0) is 30.1. The van der Waals surface area contributed by atoms with Crippen LogP contribution in [0.15, 0.2) is 170 Å². The number of fused-ring (bicyclic) bond motifs is 2. The molecule has 7 aromatic rings. The smallest absolute Gasteiger partial charge is 0.159 e. The molecule has 0 amide bonds. The van der Waals surface area contributed by atoms with Crippen molar-refractivity contribution >= 4 is 17.1 Å². The minimum Gasteiger partial charge on any atom is -0.457 e. The Morgan fingerprint density at radius 2 is 1.11 bits per heavy atom. The van der Waals surface area contributed by atoms with Crippen LogP contribution in [-0.2, 0) is 5.41 Å². The molecule has 45 heavy (non-hydrogen) atoms. The minimum atomic E-state index is -0.710. The summed E-state index contributed by atoms with van der Waals surface area (Å²) in [4.78, 5) is 16.2. The Labute approximate surface area is 262 Å². The van der Waals surface area contributed by atoms with E-state index >= 15 is 0 Å². The van der Waals surface area contributed by atoms with Crippen molar-refractivity contribution in [3.05, 3.63) is 193 Å². The van der Waals surface area contributed by atoms with Gasteiger partial charge in [-0.2, -0.15) is 0 Å². The Morgan fingerprint density at radius 3 is 1.82 bits per heavy atom. The van der Waals surface area contributed by atoms with E-state index in [1.165, 1.54) is 0 Å². The Morgan fingerprint density at radius 1 is 0.489 bits per heavy atom. The van der Waals surface area contributed by atoms with Gasteiger partial charge >= 0.3 is 0 Å². The molecule has 0 saturated heterocycles. The second kappa shape index (κ2) is 11.2.